The molecule has 6 nitrogen and oxygen atoms in total. The highest BCUT2D eigenvalue weighted by molar-refractivity contribution is 6.00. The number of amides is 1. The maximum atomic E-state index is 12.2. The summed E-state index contributed by atoms with van der Waals surface area (Å²) >= 11 is 0. The van der Waals surface area contributed by atoms with Gasteiger partial charge in [-0.3, -0.25) is 9.48 Å². The van der Waals surface area contributed by atoms with E-state index in [4.69, 9.17) is 4.74 Å². The number of nitrogens with one attached hydrogen (secondary N) is 1. The van der Waals surface area contributed by atoms with Crippen molar-refractivity contribution < 1.29 is 22.7 Å². The van der Waals surface area contributed by atoms with Gasteiger partial charge in [0, 0.05) is 18.3 Å². The van der Waals surface area contributed by atoms with Crippen LogP contribution in [0.5, 0.6) is 5.75 Å². The minimum Gasteiger partial charge on any atom is -0.484 e. The van der Waals surface area contributed by atoms with E-state index < -0.39 is 12.8 Å². The predicted octanol–water partition coefficient (Wildman–Crippen LogP) is 3.77. The number of carbonyl (C=O) groups is 1. The second kappa shape index (κ2) is 7.14. The maximum Gasteiger partial charge on any atom is 0.422 e. The number of pyridine rings is 1. The lowest BCUT2D eigenvalue weighted by atomic mass is 10.2. The quantitative estimate of drug-likeness (QED) is 0.696. The number of carbonyl (C=O) groups excluding carboxylic acids is 1. The standard InChI is InChI=1S/C19H17F3N4O2/c20-19(21,22)11-28-14-5-1-12(2-6-14)9-26-10-15-16(25-26)7-8-23-17(15)24-18(27)13-3-4-13/h1-2,5-8,10,13H,3-4,9,11H2,(H,23,24,27). The number of aromatic nitrogens is 3. The summed E-state index contributed by atoms with van der Waals surface area (Å²) in [7, 11) is 0. The second-order valence-electron chi connectivity index (χ2n) is 6.73. The van der Waals surface area contributed by atoms with Crippen LogP contribution in [-0.4, -0.2) is 33.5 Å². The van der Waals surface area contributed by atoms with Gasteiger partial charge in [-0.2, -0.15) is 18.3 Å². The molecule has 1 amide bonds. The molecule has 1 saturated carbocycles. The summed E-state index contributed by atoms with van der Waals surface area (Å²) in [5.74, 6) is 0.685. The number of benzene rings is 1. The third kappa shape index (κ3) is 4.41. The molecule has 0 aliphatic heterocycles. The smallest absolute Gasteiger partial charge is 0.422 e. The first-order chi connectivity index (χ1) is 13.4. The molecule has 4 rings (SSSR count). The number of hydrogen-bond acceptors (Lipinski definition) is 4. The lowest BCUT2D eigenvalue weighted by molar-refractivity contribution is -0.153. The fourth-order valence-electron chi connectivity index (χ4n) is 2.78. The highest BCUT2D eigenvalue weighted by Gasteiger charge is 2.30. The van der Waals surface area contributed by atoms with Crippen LogP contribution in [0.15, 0.2) is 42.7 Å². The molecule has 2 heterocycles. The Morgan fingerprint density at radius 2 is 1.96 bits per heavy atom. The van der Waals surface area contributed by atoms with E-state index in [-0.39, 0.29) is 17.6 Å². The number of nitrogens with zero attached hydrogens (tertiary/aromatic N) is 3. The third-order valence-corrected chi connectivity index (χ3v) is 4.34. The van der Waals surface area contributed by atoms with Crippen LogP contribution in [0.25, 0.3) is 10.9 Å². The molecule has 1 fully saturated rings. The van der Waals surface area contributed by atoms with Crippen molar-refractivity contribution in [3.8, 4) is 5.75 Å². The number of fused-ring (bicyclic) bond motifs is 1. The molecular weight excluding hydrogens is 373 g/mol. The zero-order chi connectivity index (χ0) is 19.7. The molecule has 146 valence electrons. The van der Waals surface area contributed by atoms with Crippen LogP contribution in [0, 0.1) is 5.92 Å². The number of rotatable bonds is 6. The Kier molecular flexibility index (Phi) is 4.66. The topological polar surface area (TPSA) is 69.0 Å². The summed E-state index contributed by atoms with van der Waals surface area (Å²) in [6.45, 7) is -0.899. The Labute approximate surface area is 158 Å². The van der Waals surface area contributed by atoms with E-state index >= 15 is 0 Å². The number of halogens is 3. The van der Waals surface area contributed by atoms with Crippen molar-refractivity contribution in [2.75, 3.05) is 11.9 Å². The number of ether oxygens (including phenoxy) is 1. The number of anilines is 1. The average molecular weight is 390 g/mol. The van der Waals surface area contributed by atoms with Gasteiger partial charge in [0.05, 0.1) is 17.4 Å². The molecule has 0 atom stereocenters. The first-order valence-corrected chi connectivity index (χ1v) is 8.79. The van der Waals surface area contributed by atoms with E-state index in [1.165, 1.54) is 12.1 Å². The molecular formula is C19H17F3N4O2. The van der Waals surface area contributed by atoms with Gasteiger partial charge in [-0.15, -0.1) is 0 Å². The fraction of sp³-hybridized carbons (Fsp3) is 0.316. The average Bonchev–Trinajstić information content (AvgIpc) is 3.41. The van der Waals surface area contributed by atoms with Gasteiger partial charge >= 0.3 is 6.18 Å². The van der Waals surface area contributed by atoms with Gasteiger partial charge in [0.25, 0.3) is 0 Å². The van der Waals surface area contributed by atoms with Crippen molar-refractivity contribution >= 4 is 22.6 Å². The molecule has 1 N–H and O–H groups in total. The van der Waals surface area contributed by atoms with E-state index in [0.717, 1.165) is 23.8 Å². The highest BCUT2D eigenvalue weighted by atomic mass is 19.4. The molecule has 28 heavy (non-hydrogen) atoms. The second-order valence-corrected chi connectivity index (χ2v) is 6.73. The Hall–Kier alpha value is -3.10. The summed E-state index contributed by atoms with van der Waals surface area (Å²) < 4.78 is 43.0. The molecule has 1 aliphatic carbocycles. The van der Waals surface area contributed by atoms with Crippen molar-refractivity contribution in [2.45, 2.75) is 25.6 Å². The van der Waals surface area contributed by atoms with E-state index in [2.05, 4.69) is 15.4 Å². The van der Waals surface area contributed by atoms with Crippen molar-refractivity contribution in [1.82, 2.24) is 14.8 Å². The fourth-order valence-corrected chi connectivity index (χ4v) is 2.78. The summed E-state index contributed by atoms with van der Waals surface area (Å²) in [6, 6.07) is 8.12. The SMILES string of the molecule is O=C(Nc1nccc2nn(Cc3ccc(OCC(F)(F)F)cc3)cc12)C1CC1. The molecule has 0 spiro atoms. The van der Waals surface area contributed by atoms with Gasteiger partial charge in [-0.1, -0.05) is 12.1 Å². The van der Waals surface area contributed by atoms with Crippen LogP contribution in [0.1, 0.15) is 18.4 Å². The summed E-state index contributed by atoms with van der Waals surface area (Å²) in [4.78, 5) is 16.2. The third-order valence-electron chi connectivity index (χ3n) is 4.34. The minimum atomic E-state index is -4.37. The maximum absolute atomic E-state index is 12.2. The van der Waals surface area contributed by atoms with Gasteiger partial charge in [-0.25, -0.2) is 4.98 Å². The van der Waals surface area contributed by atoms with Gasteiger partial charge in [0.1, 0.15) is 11.6 Å². The molecule has 0 unspecified atom stereocenters. The minimum absolute atomic E-state index is 0.0257. The van der Waals surface area contributed by atoms with E-state index in [1.54, 1.807) is 35.3 Å². The molecule has 3 aromatic rings. The van der Waals surface area contributed by atoms with Crippen molar-refractivity contribution in [2.24, 2.45) is 5.92 Å². The largest absolute Gasteiger partial charge is 0.484 e. The van der Waals surface area contributed by atoms with Crippen LogP contribution in [0.2, 0.25) is 0 Å². The van der Waals surface area contributed by atoms with Crippen LogP contribution < -0.4 is 10.1 Å². The van der Waals surface area contributed by atoms with Crippen molar-refractivity contribution in [3.05, 3.63) is 48.3 Å². The molecule has 9 heteroatoms. The first kappa shape index (κ1) is 18.3. The Bertz CT molecular complexity index is 995. The van der Waals surface area contributed by atoms with E-state index in [0.29, 0.717) is 17.9 Å². The molecule has 1 aliphatic rings. The number of alkyl halides is 3. The molecule has 1 aromatic carbocycles. The van der Waals surface area contributed by atoms with Gasteiger partial charge in [-0.05, 0) is 36.6 Å². The molecule has 0 bridgehead atoms. The number of hydrogen-bond donors (Lipinski definition) is 1. The van der Waals surface area contributed by atoms with Gasteiger partial charge in [0.15, 0.2) is 6.61 Å². The molecule has 0 radical (unpaired) electrons. The van der Waals surface area contributed by atoms with Crippen LogP contribution >= 0.6 is 0 Å². The van der Waals surface area contributed by atoms with Crippen LogP contribution in [0.3, 0.4) is 0 Å². The lowest BCUT2D eigenvalue weighted by Gasteiger charge is -2.09. The zero-order valence-corrected chi connectivity index (χ0v) is 14.7. The van der Waals surface area contributed by atoms with Crippen molar-refractivity contribution in [3.63, 3.8) is 0 Å². The Morgan fingerprint density at radius 3 is 2.64 bits per heavy atom. The Balaban J connectivity index is 1.46. The normalized spacial score (nSPS) is 14.2. The summed E-state index contributed by atoms with van der Waals surface area (Å²) in [5, 5.41) is 8.06. The van der Waals surface area contributed by atoms with E-state index in [9.17, 15) is 18.0 Å². The monoisotopic (exact) mass is 390 g/mol. The summed E-state index contributed by atoms with van der Waals surface area (Å²) in [6.07, 6.45) is 0.829. The van der Waals surface area contributed by atoms with Gasteiger partial charge < -0.3 is 10.1 Å². The van der Waals surface area contributed by atoms with Crippen molar-refractivity contribution in [1.29, 1.82) is 0 Å². The highest BCUT2D eigenvalue weighted by Crippen LogP contribution is 2.31. The zero-order valence-electron chi connectivity index (χ0n) is 14.7. The van der Waals surface area contributed by atoms with Crippen LogP contribution in [0.4, 0.5) is 19.0 Å². The summed E-state index contributed by atoms with van der Waals surface area (Å²) in [5.41, 5.74) is 1.55. The predicted molar refractivity (Wildman–Crippen MR) is 96.0 cm³/mol. The lowest BCUT2D eigenvalue weighted by Crippen LogP contribution is -2.19. The Morgan fingerprint density at radius 1 is 1.21 bits per heavy atom. The van der Waals surface area contributed by atoms with Gasteiger partial charge in [0.2, 0.25) is 5.91 Å². The van der Waals surface area contributed by atoms with E-state index in [1.807, 2.05) is 0 Å². The molecule has 2 aromatic heterocycles. The molecule has 0 saturated heterocycles. The first-order valence-electron chi connectivity index (χ1n) is 8.79. The van der Waals surface area contributed by atoms with Crippen LogP contribution in [-0.2, 0) is 11.3 Å².